The van der Waals surface area contributed by atoms with Crippen molar-refractivity contribution in [1.29, 1.82) is 0 Å². The highest BCUT2D eigenvalue weighted by atomic mass is 19.1. The topological polar surface area (TPSA) is 53.6 Å². The highest BCUT2D eigenvalue weighted by Crippen LogP contribution is 2.45. The van der Waals surface area contributed by atoms with E-state index < -0.39 is 5.41 Å². The van der Waals surface area contributed by atoms with E-state index in [1.165, 1.54) is 12.1 Å². The molecule has 6 heteroatoms. The van der Waals surface area contributed by atoms with Crippen LogP contribution in [-0.4, -0.2) is 19.0 Å². The van der Waals surface area contributed by atoms with Gasteiger partial charge in [-0.2, -0.15) is 0 Å². The van der Waals surface area contributed by atoms with Gasteiger partial charge in [-0.05, 0) is 61.3 Å². The van der Waals surface area contributed by atoms with Crippen LogP contribution in [-0.2, 0) is 23.4 Å². The summed E-state index contributed by atoms with van der Waals surface area (Å²) >= 11 is 0. The second-order valence-corrected chi connectivity index (χ2v) is 8.78. The first-order valence-corrected chi connectivity index (χ1v) is 11.1. The number of carbonyl (C=O) groups is 1. The molecular formula is C26H24FN3O2. The van der Waals surface area contributed by atoms with Gasteiger partial charge in [-0.15, -0.1) is 0 Å². The molecule has 3 heterocycles. The predicted octanol–water partition coefficient (Wildman–Crippen LogP) is 4.63. The summed E-state index contributed by atoms with van der Waals surface area (Å²) in [5.74, 6) is 0.326. The summed E-state index contributed by atoms with van der Waals surface area (Å²) in [5.41, 5.74) is 5.59. The molecule has 6 rings (SSSR count). The fourth-order valence-electron chi connectivity index (χ4n) is 5.29. The summed E-state index contributed by atoms with van der Waals surface area (Å²) in [4.78, 5) is 15.1. The molecule has 0 atom stereocenters. The molecule has 0 saturated carbocycles. The molecule has 32 heavy (non-hydrogen) atoms. The number of rotatable bonds is 2. The second-order valence-electron chi connectivity index (χ2n) is 8.78. The maximum atomic E-state index is 13.9. The minimum absolute atomic E-state index is 0.112. The number of anilines is 3. The molecule has 0 aliphatic carbocycles. The predicted molar refractivity (Wildman–Crippen MR) is 122 cm³/mol. The monoisotopic (exact) mass is 429 g/mol. The van der Waals surface area contributed by atoms with Gasteiger partial charge in [0.15, 0.2) is 0 Å². The number of hydrogen-bond donors (Lipinski definition) is 2. The van der Waals surface area contributed by atoms with Gasteiger partial charge in [0.25, 0.3) is 0 Å². The van der Waals surface area contributed by atoms with Crippen LogP contribution in [0.2, 0.25) is 0 Å². The number of fused-ring (bicyclic) bond motifs is 4. The summed E-state index contributed by atoms with van der Waals surface area (Å²) in [6.45, 7) is 2.68. The van der Waals surface area contributed by atoms with Crippen LogP contribution in [0.4, 0.5) is 21.5 Å². The highest BCUT2D eigenvalue weighted by molar-refractivity contribution is 6.06. The Kier molecular flexibility index (Phi) is 4.43. The zero-order valence-corrected chi connectivity index (χ0v) is 17.7. The lowest BCUT2D eigenvalue weighted by atomic mass is 9.74. The van der Waals surface area contributed by atoms with Crippen LogP contribution in [0.15, 0.2) is 60.7 Å². The van der Waals surface area contributed by atoms with E-state index in [1.54, 1.807) is 6.07 Å². The molecule has 1 amide bonds. The highest BCUT2D eigenvalue weighted by Gasteiger charge is 2.47. The van der Waals surface area contributed by atoms with Crippen molar-refractivity contribution in [2.75, 3.05) is 23.3 Å². The molecule has 0 bridgehead atoms. The molecule has 2 N–H and O–H groups in total. The molecule has 162 valence electrons. The third-order valence-corrected chi connectivity index (χ3v) is 6.96. The van der Waals surface area contributed by atoms with Crippen LogP contribution in [0.5, 0.6) is 5.75 Å². The lowest BCUT2D eigenvalue weighted by Gasteiger charge is -2.32. The van der Waals surface area contributed by atoms with E-state index >= 15 is 0 Å². The van der Waals surface area contributed by atoms with E-state index in [2.05, 4.69) is 39.8 Å². The van der Waals surface area contributed by atoms with E-state index in [0.717, 1.165) is 59.7 Å². The van der Waals surface area contributed by atoms with Crippen molar-refractivity contribution in [1.82, 2.24) is 5.32 Å². The molecule has 3 aromatic carbocycles. The Morgan fingerprint density at radius 3 is 2.72 bits per heavy atom. The number of para-hydroxylation sites is 1. The molecule has 1 fully saturated rings. The van der Waals surface area contributed by atoms with Crippen LogP contribution in [0.3, 0.4) is 0 Å². The average molecular weight is 429 g/mol. The SMILES string of the molecule is O=C1Nc2cc(CN3c4ccccc4COc4cc(F)ccc43)ccc2C12CCNCC2. The number of nitrogens with zero attached hydrogens (tertiary/aromatic N) is 1. The standard InChI is InChI=1S/C26H24FN3O2/c27-19-6-8-23-24(14-19)32-16-18-3-1-2-4-22(18)30(23)15-17-5-7-20-21(13-17)29-25(31)26(20)9-11-28-12-10-26/h1-8,13-14,28H,9-12,15-16H2,(H,29,31). The molecule has 3 aliphatic heterocycles. The zero-order valence-electron chi connectivity index (χ0n) is 17.7. The van der Waals surface area contributed by atoms with Crippen LogP contribution < -0.4 is 20.3 Å². The first-order valence-electron chi connectivity index (χ1n) is 11.1. The lowest BCUT2D eigenvalue weighted by molar-refractivity contribution is -0.121. The van der Waals surface area contributed by atoms with Gasteiger partial charge in [0, 0.05) is 29.5 Å². The number of carbonyl (C=O) groups excluding carboxylic acids is 1. The first kappa shape index (κ1) is 19.3. The summed E-state index contributed by atoms with van der Waals surface area (Å²) in [6, 6.07) is 19.1. The van der Waals surface area contributed by atoms with Crippen molar-refractivity contribution < 1.29 is 13.9 Å². The summed E-state index contributed by atoms with van der Waals surface area (Å²) < 4.78 is 19.9. The van der Waals surface area contributed by atoms with Gasteiger partial charge < -0.3 is 20.3 Å². The van der Waals surface area contributed by atoms with Gasteiger partial charge in [0.1, 0.15) is 18.2 Å². The van der Waals surface area contributed by atoms with Crippen molar-refractivity contribution in [3.05, 3.63) is 83.2 Å². The first-order chi connectivity index (χ1) is 15.6. The number of ether oxygens (including phenoxy) is 1. The fraction of sp³-hybridized carbons (Fsp3) is 0.269. The van der Waals surface area contributed by atoms with E-state index in [9.17, 15) is 9.18 Å². The van der Waals surface area contributed by atoms with Gasteiger partial charge in [-0.3, -0.25) is 4.79 Å². The second kappa shape index (κ2) is 7.35. The Hall–Kier alpha value is -3.38. The maximum absolute atomic E-state index is 13.9. The van der Waals surface area contributed by atoms with Crippen molar-refractivity contribution in [2.45, 2.75) is 31.4 Å². The number of halogens is 1. The van der Waals surface area contributed by atoms with Crippen molar-refractivity contribution >= 4 is 23.0 Å². The molecular weight excluding hydrogens is 405 g/mol. The maximum Gasteiger partial charge on any atom is 0.235 e. The van der Waals surface area contributed by atoms with Gasteiger partial charge in [0.2, 0.25) is 5.91 Å². The number of benzene rings is 3. The smallest absolute Gasteiger partial charge is 0.235 e. The van der Waals surface area contributed by atoms with Crippen molar-refractivity contribution in [3.8, 4) is 5.75 Å². The molecule has 5 nitrogen and oxygen atoms in total. The fourth-order valence-corrected chi connectivity index (χ4v) is 5.29. The van der Waals surface area contributed by atoms with Crippen molar-refractivity contribution in [2.24, 2.45) is 0 Å². The largest absolute Gasteiger partial charge is 0.487 e. The Morgan fingerprint density at radius 2 is 1.84 bits per heavy atom. The Bertz CT molecular complexity index is 1220. The minimum Gasteiger partial charge on any atom is -0.487 e. The Balaban J connectivity index is 1.40. The van der Waals surface area contributed by atoms with E-state index in [0.29, 0.717) is 18.9 Å². The van der Waals surface area contributed by atoms with E-state index in [-0.39, 0.29) is 11.7 Å². The molecule has 3 aliphatic rings. The minimum atomic E-state index is -0.410. The molecule has 0 unspecified atom stereocenters. The van der Waals surface area contributed by atoms with E-state index in [1.807, 2.05) is 18.2 Å². The van der Waals surface area contributed by atoms with E-state index in [4.69, 9.17) is 4.74 Å². The molecule has 1 saturated heterocycles. The Morgan fingerprint density at radius 1 is 1.00 bits per heavy atom. The van der Waals surface area contributed by atoms with Gasteiger partial charge in [-0.1, -0.05) is 30.3 Å². The molecule has 0 radical (unpaired) electrons. The average Bonchev–Trinajstić information content (AvgIpc) is 2.97. The third-order valence-electron chi connectivity index (χ3n) is 6.96. The Labute approximate surface area is 186 Å². The van der Waals surface area contributed by atoms with Gasteiger partial charge in [-0.25, -0.2) is 4.39 Å². The summed E-state index contributed by atoms with van der Waals surface area (Å²) in [5, 5.41) is 6.49. The van der Waals surface area contributed by atoms with Crippen LogP contribution in [0, 0.1) is 5.82 Å². The summed E-state index contributed by atoms with van der Waals surface area (Å²) in [6.07, 6.45) is 1.64. The van der Waals surface area contributed by atoms with Crippen LogP contribution >= 0.6 is 0 Å². The van der Waals surface area contributed by atoms with Crippen LogP contribution in [0.1, 0.15) is 29.5 Å². The normalized spacial score (nSPS) is 18.3. The number of hydrogen-bond acceptors (Lipinski definition) is 4. The quantitative estimate of drug-likeness (QED) is 0.624. The molecule has 0 aromatic heterocycles. The zero-order chi connectivity index (χ0) is 21.7. The van der Waals surface area contributed by atoms with Gasteiger partial charge in [0.05, 0.1) is 11.1 Å². The summed E-state index contributed by atoms with van der Waals surface area (Å²) in [7, 11) is 0. The third kappa shape index (κ3) is 2.98. The van der Waals surface area contributed by atoms with Crippen molar-refractivity contribution in [3.63, 3.8) is 0 Å². The number of amides is 1. The molecule has 1 spiro atoms. The van der Waals surface area contributed by atoms with Gasteiger partial charge >= 0.3 is 0 Å². The number of nitrogens with one attached hydrogen (secondary N) is 2. The number of piperidine rings is 1. The van der Waals surface area contributed by atoms with Crippen LogP contribution in [0.25, 0.3) is 0 Å². The molecule has 3 aromatic rings. The lowest BCUT2D eigenvalue weighted by Crippen LogP contribution is -2.44.